The minimum Gasteiger partial charge on any atom is -0.496 e. The molecule has 106 valence electrons. The third-order valence-corrected chi connectivity index (χ3v) is 4.03. The van der Waals surface area contributed by atoms with Crippen molar-refractivity contribution in [3.8, 4) is 5.75 Å². The van der Waals surface area contributed by atoms with Crippen LogP contribution in [0.1, 0.15) is 22.7 Å². The number of rotatable bonds is 3. The van der Waals surface area contributed by atoms with Crippen molar-refractivity contribution in [2.24, 2.45) is 5.73 Å². The molecule has 2 rings (SSSR count). The maximum absolute atomic E-state index is 13.6. The molecule has 1 atom stereocenters. The smallest absolute Gasteiger partial charge is 0.141 e. The van der Waals surface area contributed by atoms with Gasteiger partial charge in [-0.1, -0.05) is 17.7 Å². The predicted octanol–water partition coefficient (Wildman–Crippen LogP) is 4.61. The van der Waals surface area contributed by atoms with E-state index in [1.165, 1.54) is 13.2 Å². The first kappa shape index (κ1) is 15.3. The second-order valence-electron chi connectivity index (χ2n) is 4.49. The summed E-state index contributed by atoms with van der Waals surface area (Å²) in [7, 11) is 1.49. The largest absolute Gasteiger partial charge is 0.496 e. The molecular formula is C15H14BrClFNO. The Labute approximate surface area is 130 Å². The zero-order valence-electron chi connectivity index (χ0n) is 11.1. The quantitative estimate of drug-likeness (QED) is 0.870. The fraction of sp³-hybridized carbons (Fsp3) is 0.200. The summed E-state index contributed by atoms with van der Waals surface area (Å²) in [5.74, 6) is 0.0261. The average molecular weight is 359 g/mol. The van der Waals surface area contributed by atoms with Crippen LogP contribution in [0.4, 0.5) is 4.39 Å². The monoisotopic (exact) mass is 357 g/mol. The molecule has 2 aromatic carbocycles. The van der Waals surface area contributed by atoms with Crippen molar-refractivity contribution in [3.63, 3.8) is 0 Å². The average Bonchev–Trinajstić information content (AvgIpc) is 2.43. The molecule has 1 unspecified atom stereocenters. The summed E-state index contributed by atoms with van der Waals surface area (Å²) >= 11 is 9.19. The maximum Gasteiger partial charge on any atom is 0.141 e. The number of aryl methyl sites for hydroxylation is 1. The van der Waals surface area contributed by atoms with Gasteiger partial charge in [0.2, 0.25) is 0 Å². The predicted molar refractivity (Wildman–Crippen MR) is 82.9 cm³/mol. The van der Waals surface area contributed by atoms with Crippen molar-refractivity contribution in [1.82, 2.24) is 0 Å². The summed E-state index contributed by atoms with van der Waals surface area (Å²) in [6, 6.07) is 8.05. The van der Waals surface area contributed by atoms with Gasteiger partial charge < -0.3 is 10.5 Å². The van der Waals surface area contributed by atoms with Crippen LogP contribution in [0, 0.1) is 12.7 Å². The topological polar surface area (TPSA) is 35.2 Å². The van der Waals surface area contributed by atoms with Crippen LogP contribution in [-0.4, -0.2) is 7.11 Å². The minimum absolute atomic E-state index is 0.350. The molecule has 20 heavy (non-hydrogen) atoms. The van der Waals surface area contributed by atoms with E-state index in [4.69, 9.17) is 22.1 Å². The molecule has 2 nitrogen and oxygen atoms in total. The van der Waals surface area contributed by atoms with E-state index in [-0.39, 0.29) is 5.82 Å². The summed E-state index contributed by atoms with van der Waals surface area (Å²) in [6.45, 7) is 1.95. The summed E-state index contributed by atoms with van der Waals surface area (Å²) in [5.41, 5.74) is 8.90. The van der Waals surface area contributed by atoms with Crippen molar-refractivity contribution < 1.29 is 9.13 Å². The van der Waals surface area contributed by atoms with Gasteiger partial charge in [0.15, 0.2) is 0 Å². The van der Waals surface area contributed by atoms with Crippen LogP contribution in [0.25, 0.3) is 0 Å². The molecule has 0 aromatic heterocycles. The molecule has 0 spiro atoms. The second kappa shape index (κ2) is 6.12. The molecule has 0 heterocycles. The van der Waals surface area contributed by atoms with Gasteiger partial charge in [-0.3, -0.25) is 0 Å². The first-order chi connectivity index (χ1) is 9.43. The Hall–Kier alpha value is -1.10. The van der Waals surface area contributed by atoms with Crippen molar-refractivity contribution in [1.29, 1.82) is 0 Å². The highest BCUT2D eigenvalue weighted by molar-refractivity contribution is 9.10. The number of methoxy groups -OCH3 is 1. The Kier molecular flexibility index (Phi) is 4.68. The molecule has 0 radical (unpaired) electrons. The lowest BCUT2D eigenvalue weighted by molar-refractivity contribution is 0.404. The van der Waals surface area contributed by atoms with Crippen molar-refractivity contribution >= 4 is 27.5 Å². The summed E-state index contributed by atoms with van der Waals surface area (Å²) in [5, 5.41) is 0.612. The molecule has 0 amide bonds. The van der Waals surface area contributed by atoms with Crippen LogP contribution < -0.4 is 10.5 Å². The fourth-order valence-corrected chi connectivity index (χ4v) is 2.62. The number of benzene rings is 2. The third kappa shape index (κ3) is 2.97. The Morgan fingerprint density at radius 2 is 1.95 bits per heavy atom. The lowest BCUT2D eigenvalue weighted by atomic mass is 9.95. The number of nitrogens with two attached hydrogens (primary N) is 1. The molecule has 0 bridgehead atoms. The van der Waals surface area contributed by atoms with Crippen LogP contribution in [0.2, 0.25) is 5.02 Å². The van der Waals surface area contributed by atoms with Gasteiger partial charge in [-0.05, 0) is 52.2 Å². The van der Waals surface area contributed by atoms with E-state index >= 15 is 0 Å². The maximum atomic E-state index is 13.6. The van der Waals surface area contributed by atoms with E-state index < -0.39 is 6.04 Å². The number of hydrogen-bond acceptors (Lipinski definition) is 2. The van der Waals surface area contributed by atoms with Gasteiger partial charge in [-0.15, -0.1) is 0 Å². The number of halogens is 3. The van der Waals surface area contributed by atoms with Gasteiger partial charge >= 0.3 is 0 Å². The summed E-state index contributed by atoms with van der Waals surface area (Å²) in [6.07, 6.45) is 0. The summed E-state index contributed by atoms with van der Waals surface area (Å²) in [4.78, 5) is 0. The molecule has 0 aliphatic rings. The first-order valence-electron chi connectivity index (χ1n) is 5.98. The molecule has 2 aromatic rings. The normalized spacial score (nSPS) is 12.3. The standard InChI is InChI=1S/C15H14BrClFNO/c1-8-3-4-9(17)5-10(8)15(19)11-6-12(16)13(18)7-14(11)20-2/h3-7,15H,19H2,1-2H3. The van der Waals surface area contributed by atoms with Gasteiger partial charge in [-0.2, -0.15) is 0 Å². The van der Waals surface area contributed by atoms with Gasteiger partial charge in [-0.25, -0.2) is 4.39 Å². The Balaban J connectivity index is 2.55. The molecule has 0 aliphatic heterocycles. The van der Waals surface area contributed by atoms with Crippen molar-refractivity contribution in [2.45, 2.75) is 13.0 Å². The lowest BCUT2D eigenvalue weighted by Crippen LogP contribution is -2.15. The van der Waals surface area contributed by atoms with Crippen LogP contribution in [0.5, 0.6) is 5.75 Å². The van der Waals surface area contributed by atoms with Gasteiger partial charge in [0.05, 0.1) is 17.6 Å². The zero-order chi connectivity index (χ0) is 14.9. The Bertz CT molecular complexity index is 648. The lowest BCUT2D eigenvalue weighted by Gasteiger charge is -2.19. The molecule has 2 N–H and O–H groups in total. The molecule has 0 saturated heterocycles. The van der Waals surface area contributed by atoms with E-state index in [1.807, 2.05) is 25.1 Å². The fourth-order valence-electron chi connectivity index (χ4n) is 2.08. The highest BCUT2D eigenvalue weighted by atomic mass is 79.9. The molecular weight excluding hydrogens is 345 g/mol. The van der Waals surface area contributed by atoms with Crippen LogP contribution >= 0.6 is 27.5 Å². The van der Waals surface area contributed by atoms with Gasteiger partial charge in [0.25, 0.3) is 0 Å². The Morgan fingerprint density at radius 3 is 2.60 bits per heavy atom. The Morgan fingerprint density at radius 1 is 1.25 bits per heavy atom. The zero-order valence-corrected chi connectivity index (χ0v) is 13.4. The van der Waals surface area contributed by atoms with Crippen LogP contribution in [-0.2, 0) is 0 Å². The van der Waals surface area contributed by atoms with E-state index in [1.54, 1.807) is 6.07 Å². The second-order valence-corrected chi connectivity index (χ2v) is 5.78. The molecule has 0 fully saturated rings. The number of ether oxygens (including phenoxy) is 1. The highest BCUT2D eigenvalue weighted by Gasteiger charge is 2.18. The van der Waals surface area contributed by atoms with E-state index in [9.17, 15) is 4.39 Å². The third-order valence-electron chi connectivity index (χ3n) is 3.18. The first-order valence-corrected chi connectivity index (χ1v) is 7.15. The van der Waals surface area contributed by atoms with Crippen molar-refractivity contribution in [3.05, 3.63) is 62.3 Å². The number of hydrogen-bond donors (Lipinski definition) is 1. The molecule has 0 saturated carbocycles. The SMILES string of the molecule is COc1cc(F)c(Br)cc1C(N)c1cc(Cl)ccc1C. The van der Waals surface area contributed by atoms with E-state index in [0.29, 0.717) is 20.8 Å². The molecule has 0 aliphatic carbocycles. The minimum atomic E-state index is -0.444. The van der Waals surface area contributed by atoms with E-state index in [0.717, 1.165) is 11.1 Å². The van der Waals surface area contributed by atoms with E-state index in [2.05, 4.69) is 15.9 Å². The van der Waals surface area contributed by atoms with Gasteiger partial charge in [0.1, 0.15) is 11.6 Å². The highest BCUT2D eigenvalue weighted by Crippen LogP contribution is 2.34. The van der Waals surface area contributed by atoms with Gasteiger partial charge in [0, 0.05) is 16.7 Å². The van der Waals surface area contributed by atoms with Crippen LogP contribution in [0.15, 0.2) is 34.8 Å². The molecule has 5 heteroatoms. The van der Waals surface area contributed by atoms with Crippen molar-refractivity contribution in [2.75, 3.05) is 7.11 Å². The summed E-state index contributed by atoms with van der Waals surface area (Å²) < 4.78 is 19.1. The van der Waals surface area contributed by atoms with Crippen LogP contribution in [0.3, 0.4) is 0 Å².